The van der Waals surface area contributed by atoms with Crippen LogP contribution in [0.25, 0.3) is 0 Å². The van der Waals surface area contributed by atoms with Crippen LogP contribution in [0.2, 0.25) is 0 Å². The molecule has 0 aliphatic carbocycles. The van der Waals surface area contributed by atoms with Crippen LogP contribution in [0.1, 0.15) is 19.4 Å². The number of rotatable bonds is 2. The maximum atomic E-state index is 13.4. The van der Waals surface area contributed by atoms with Crippen LogP contribution in [-0.2, 0) is 11.2 Å². The van der Waals surface area contributed by atoms with Gasteiger partial charge in [-0.15, -0.1) is 0 Å². The van der Waals surface area contributed by atoms with Crippen molar-refractivity contribution in [3.63, 3.8) is 0 Å². The Hall–Kier alpha value is -0.930. The maximum absolute atomic E-state index is 13.4. The highest BCUT2D eigenvalue weighted by molar-refractivity contribution is 5.19. The van der Waals surface area contributed by atoms with Crippen molar-refractivity contribution >= 4 is 0 Å². The van der Waals surface area contributed by atoms with E-state index in [4.69, 9.17) is 4.74 Å². The fourth-order valence-electron chi connectivity index (χ4n) is 2.02. The van der Waals surface area contributed by atoms with Gasteiger partial charge in [-0.05, 0) is 25.5 Å². The molecule has 0 spiro atoms. The third-order valence-electron chi connectivity index (χ3n) is 2.69. The minimum Gasteiger partial charge on any atom is -0.359 e. The molecule has 0 saturated carbocycles. The SMILES string of the molecule is CC1COC(C)(Cc2ccccc2F)N1. The molecule has 0 radical (unpaired) electrons. The standard InChI is InChI=1S/C12H16FNO/c1-9-8-15-12(2,14-9)7-10-5-3-4-6-11(10)13/h3-6,9,14H,7-8H2,1-2H3. The van der Waals surface area contributed by atoms with E-state index in [1.165, 1.54) is 6.07 Å². The van der Waals surface area contributed by atoms with Gasteiger partial charge in [-0.1, -0.05) is 18.2 Å². The van der Waals surface area contributed by atoms with Gasteiger partial charge in [-0.3, -0.25) is 5.32 Å². The van der Waals surface area contributed by atoms with Gasteiger partial charge in [0.25, 0.3) is 0 Å². The van der Waals surface area contributed by atoms with Gasteiger partial charge in [0.2, 0.25) is 0 Å². The molecular weight excluding hydrogens is 193 g/mol. The summed E-state index contributed by atoms with van der Waals surface area (Å²) >= 11 is 0. The quantitative estimate of drug-likeness (QED) is 0.805. The Morgan fingerprint density at radius 1 is 1.53 bits per heavy atom. The van der Waals surface area contributed by atoms with Gasteiger partial charge >= 0.3 is 0 Å². The average molecular weight is 209 g/mol. The molecule has 2 rings (SSSR count). The molecule has 1 N–H and O–H groups in total. The number of hydrogen-bond donors (Lipinski definition) is 1. The first kappa shape index (κ1) is 10.6. The summed E-state index contributed by atoms with van der Waals surface area (Å²) in [5.41, 5.74) is 0.267. The summed E-state index contributed by atoms with van der Waals surface area (Å²) in [5, 5.41) is 3.32. The Balaban J connectivity index is 2.12. The van der Waals surface area contributed by atoms with Gasteiger partial charge in [0.15, 0.2) is 0 Å². The zero-order valence-electron chi connectivity index (χ0n) is 9.09. The zero-order valence-corrected chi connectivity index (χ0v) is 9.09. The van der Waals surface area contributed by atoms with E-state index in [0.29, 0.717) is 24.6 Å². The van der Waals surface area contributed by atoms with E-state index < -0.39 is 5.72 Å². The molecule has 1 saturated heterocycles. The summed E-state index contributed by atoms with van der Waals surface area (Å²) in [4.78, 5) is 0. The summed E-state index contributed by atoms with van der Waals surface area (Å²) in [6.07, 6.45) is 0.560. The van der Waals surface area contributed by atoms with Crippen LogP contribution < -0.4 is 5.32 Å². The van der Waals surface area contributed by atoms with Crippen molar-refractivity contribution < 1.29 is 9.13 Å². The summed E-state index contributed by atoms with van der Waals surface area (Å²) in [6, 6.07) is 7.17. The predicted octanol–water partition coefficient (Wildman–Crippen LogP) is 2.09. The van der Waals surface area contributed by atoms with Gasteiger partial charge in [-0.25, -0.2) is 4.39 Å². The minimum atomic E-state index is -0.429. The second kappa shape index (κ2) is 3.91. The van der Waals surface area contributed by atoms with Crippen molar-refractivity contribution in [3.8, 4) is 0 Å². The smallest absolute Gasteiger partial charge is 0.126 e. The van der Waals surface area contributed by atoms with E-state index in [1.807, 2.05) is 13.0 Å². The Labute approximate surface area is 89.4 Å². The highest BCUT2D eigenvalue weighted by Crippen LogP contribution is 2.22. The van der Waals surface area contributed by atoms with Gasteiger partial charge in [0.1, 0.15) is 11.5 Å². The highest BCUT2D eigenvalue weighted by Gasteiger charge is 2.33. The lowest BCUT2D eigenvalue weighted by molar-refractivity contribution is 0.00627. The second-order valence-corrected chi connectivity index (χ2v) is 4.36. The number of hydrogen-bond acceptors (Lipinski definition) is 2. The van der Waals surface area contributed by atoms with E-state index in [1.54, 1.807) is 12.1 Å². The molecule has 2 atom stereocenters. The van der Waals surface area contributed by atoms with Crippen molar-refractivity contribution in [1.29, 1.82) is 0 Å². The number of ether oxygens (including phenoxy) is 1. The molecular formula is C12H16FNO. The third kappa shape index (κ3) is 2.36. The fraction of sp³-hybridized carbons (Fsp3) is 0.500. The van der Waals surface area contributed by atoms with Gasteiger partial charge in [0.05, 0.1) is 6.61 Å². The minimum absolute atomic E-state index is 0.163. The van der Waals surface area contributed by atoms with Gasteiger partial charge in [0, 0.05) is 12.5 Å². The van der Waals surface area contributed by atoms with E-state index in [9.17, 15) is 4.39 Å². The number of benzene rings is 1. The second-order valence-electron chi connectivity index (χ2n) is 4.36. The summed E-state index contributed by atoms with van der Waals surface area (Å²) in [5.74, 6) is -0.163. The molecule has 1 aliphatic rings. The van der Waals surface area contributed by atoms with Crippen LogP contribution in [0.3, 0.4) is 0 Å². The zero-order chi connectivity index (χ0) is 10.9. The summed E-state index contributed by atoms with van der Waals surface area (Å²) in [6.45, 7) is 4.71. The lowest BCUT2D eigenvalue weighted by atomic mass is 10.0. The van der Waals surface area contributed by atoms with Crippen LogP contribution in [-0.4, -0.2) is 18.4 Å². The highest BCUT2D eigenvalue weighted by atomic mass is 19.1. The predicted molar refractivity (Wildman–Crippen MR) is 57.1 cm³/mol. The first-order valence-corrected chi connectivity index (χ1v) is 5.24. The molecule has 1 aromatic carbocycles. The van der Waals surface area contributed by atoms with Gasteiger partial charge in [-0.2, -0.15) is 0 Å². The molecule has 0 aromatic heterocycles. The summed E-state index contributed by atoms with van der Waals surface area (Å²) < 4.78 is 19.1. The average Bonchev–Trinajstić information content (AvgIpc) is 2.51. The van der Waals surface area contributed by atoms with Crippen LogP contribution >= 0.6 is 0 Å². The van der Waals surface area contributed by atoms with Crippen molar-refractivity contribution in [1.82, 2.24) is 5.32 Å². The van der Waals surface area contributed by atoms with E-state index >= 15 is 0 Å². The molecule has 2 unspecified atom stereocenters. The van der Waals surface area contributed by atoms with Crippen molar-refractivity contribution in [2.24, 2.45) is 0 Å². The molecule has 1 heterocycles. The van der Waals surface area contributed by atoms with E-state index in [-0.39, 0.29) is 5.82 Å². The molecule has 1 fully saturated rings. The monoisotopic (exact) mass is 209 g/mol. The van der Waals surface area contributed by atoms with Crippen LogP contribution in [0, 0.1) is 5.82 Å². The fourth-order valence-corrected chi connectivity index (χ4v) is 2.02. The van der Waals surface area contributed by atoms with Crippen molar-refractivity contribution in [2.75, 3.05) is 6.61 Å². The Kier molecular flexibility index (Phi) is 2.76. The molecule has 1 aromatic rings. The van der Waals surface area contributed by atoms with Crippen LogP contribution in [0.15, 0.2) is 24.3 Å². The molecule has 3 heteroatoms. The lowest BCUT2D eigenvalue weighted by Crippen LogP contribution is -2.42. The molecule has 0 amide bonds. The van der Waals surface area contributed by atoms with E-state index in [0.717, 1.165) is 0 Å². The van der Waals surface area contributed by atoms with Crippen molar-refractivity contribution in [2.45, 2.75) is 32.0 Å². The first-order chi connectivity index (χ1) is 7.09. The summed E-state index contributed by atoms with van der Waals surface area (Å²) in [7, 11) is 0. The largest absolute Gasteiger partial charge is 0.359 e. The Morgan fingerprint density at radius 2 is 2.27 bits per heavy atom. The number of nitrogens with one attached hydrogen (secondary N) is 1. The normalized spacial score (nSPS) is 30.7. The Bertz CT molecular complexity index is 355. The molecule has 82 valence electrons. The van der Waals surface area contributed by atoms with Gasteiger partial charge < -0.3 is 4.74 Å². The topological polar surface area (TPSA) is 21.3 Å². The molecule has 0 bridgehead atoms. The maximum Gasteiger partial charge on any atom is 0.126 e. The molecule has 15 heavy (non-hydrogen) atoms. The van der Waals surface area contributed by atoms with Crippen molar-refractivity contribution in [3.05, 3.63) is 35.6 Å². The first-order valence-electron chi connectivity index (χ1n) is 5.24. The molecule has 1 aliphatic heterocycles. The lowest BCUT2D eigenvalue weighted by Gasteiger charge is -2.24. The molecule has 2 nitrogen and oxygen atoms in total. The van der Waals surface area contributed by atoms with E-state index in [2.05, 4.69) is 12.2 Å². The Morgan fingerprint density at radius 3 is 2.87 bits per heavy atom. The number of halogens is 1. The van der Waals surface area contributed by atoms with Crippen LogP contribution in [0.5, 0.6) is 0 Å². The van der Waals surface area contributed by atoms with Crippen LogP contribution in [0.4, 0.5) is 4.39 Å². The third-order valence-corrected chi connectivity index (χ3v) is 2.69.